The Balaban J connectivity index is 1.85. The van der Waals surface area contributed by atoms with Crippen LogP contribution in [0.4, 0.5) is 14.5 Å². The minimum absolute atomic E-state index is 0.127. The SMILES string of the molecule is C=Nc1cc(OC)cc(F)c1/C(=C\C)Oc1cccc(C(=O)NCc2cc(C)nc(F)c2)c1C. The molecule has 0 saturated heterocycles. The lowest BCUT2D eigenvalue weighted by atomic mass is 10.1. The summed E-state index contributed by atoms with van der Waals surface area (Å²) in [7, 11) is 1.43. The quantitative estimate of drug-likeness (QED) is 0.264. The van der Waals surface area contributed by atoms with E-state index in [1.807, 2.05) is 0 Å². The number of hydrogen-bond acceptors (Lipinski definition) is 5. The van der Waals surface area contributed by atoms with Crippen LogP contribution in [0.15, 0.2) is 53.5 Å². The van der Waals surface area contributed by atoms with Gasteiger partial charge in [0.05, 0.1) is 18.4 Å². The van der Waals surface area contributed by atoms with Gasteiger partial charge in [0.1, 0.15) is 23.1 Å². The number of hydrogen-bond donors (Lipinski definition) is 1. The van der Waals surface area contributed by atoms with Gasteiger partial charge in [-0.05, 0) is 63.4 Å². The zero-order valence-electron chi connectivity index (χ0n) is 19.4. The number of rotatable bonds is 8. The van der Waals surface area contributed by atoms with Gasteiger partial charge in [0.15, 0.2) is 0 Å². The summed E-state index contributed by atoms with van der Waals surface area (Å²) in [6.45, 7) is 8.75. The smallest absolute Gasteiger partial charge is 0.251 e. The molecule has 6 nitrogen and oxygen atoms in total. The molecule has 1 amide bonds. The largest absolute Gasteiger partial charge is 0.497 e. The van der Waals surface area contributed by atoms with Gasteiger partial charge in [-0.1, -0.05) is 6.07 Å². The minimum Gasteiger partial charge on any atom is -0.497 e. The lowest BCUT2D eigenvalue weighted by Crippen LogP contribution is -2.24. The fraction of sp³-hybridized carbons (Fsp3) is 0.192. The van der Waals surface area contributed by atoms with Crippen LogP contribution in [-0.2, 0) is 6.54 Å². The Bertz CT molecular complexity index is 1250. The van der Waals surface area contributed by atoms with Gasteiger partial charge in [0, 0.05) is 35.5 Å². The first kappa shape index (κ1) is 24.6. The predicted octanol–water partition coefficient (Wildman–Crippen LogP) is 5.69. The number of allylic oxidation sites excluding steroid dienone is 1. The molecule has 0 atom stereocenters. The Labute approximate surface area is 197 Å². The van der Waals surface area contributed by atoms with Crippen molar-refractivity contribution in [2.24, 2.45) is 4.99 Å². The van der Waals surface area contributed by atoms with Gasteiger partial charge in [-0.15, -0.1) is 0 Å². The van der Waals surface area contributed by atoms with Crippen LogP contribution >= 0.6 is 0 Å². The molecule has 0 aliphatic carbocycles. The number of aliphatic imine (C=N–C) groups is 1. The van der Waals surface area contributed by atoms with E-state index in [1.54, 1.807) is 57.2 Å². The molecule has 1 aromatic heterocycles. The molecule has 0 saturated carbocycles. The maximum atomic E-state index is 14.9. The summed E-state index contributed by atoms with van der Waals surface area (Å²) in [5, 5.41) is 2.78. The van der Waals surface area contributed by atoms with Gasteiger partial charge in [-0.25, -0.2) is 9.37 Å². The number of carbonyl (C=O) groups is 1. The maximum absolute atomic E-state index is 14.9. The first-order valence-corrected chi connectivity index (χ1v) is 10.5. The number of aryl methyl sites for hydroxylation is 1. The number of methoxy groups -OCH3 is 1. The minimum atomic E-state index is -0.603. The van der Waals surface area contributed by atoms with E-state index in [2.05, 4.69) is 22.0 Å². The number of halogens is 2. The molecule has 0 aliphatic rings. The van der Waals surface area contributed by atoms with Crippen LogP contribution in [0.3, 0.4) is 0 Å². The standard InChI is InChI=1S/C26H25F2N3O3/c1-6-22(25-20(27)12-18(33-5)13-21(25)29-4)34-23-9-7-8-19(16(23)3)26(32)30-14-17-10-15(2)31-24(28)11-17/h6-13H,4,14H2,1-3,5H3,(H,30,32)/b22-6+. The summed E-state index contributed by atoms with van der Waals surface area (Å²) in [5.41, 5.74) is 2.43. The second kappa shape index (κ2) is 10.7. The van der Waals surface area contributed by atoms with Crippen molar-refractivity contribution in [3.63, 3.8) is 0 Å². The highest BCUT2D eigenvalue weighted by Crippen LogP contribution is 2.35. The van der Waals surface area contributed by atoms with E-state index in [-0.39, 0.29) is 29.5 Å². The molecule has 0 unspecified atom stereocenters. The third kappa shape index (κ3) is 5.46. The van der Waals surface area contributed by atoms with Crippen molar-refractivity contribution in [3.05, 3.63) is 88.3 Å². The van der Waals surface area contributed by atoms with Crippen molar-refractivity contribution in [2.45, 2.75) is 27.3 Å². The van der Waals surface area contributed by atoms with Crippen LogP contribution < -0.4 is 14.8 Å². The molecule has 176 valence electrons. The summed E-state index contributed by atoms with van der Waals surface area (Å²) in [6.07, 6.45) is 1.60. The predicted molar refractivity (Wildman–Crippen MR) is 128 cm³/mol. The van der Waals surface area contributed by atoms with Gasteiger partial charge in [-0.2, -0.15) is 4.39 Å². The Morgan fingerprint density at radius 3 is 2.62 bits per heavy atom. The zero-order chi connectivity index (χ0) is 24.8. The second-order valence-corrected chi connectivity index (χ2v) is 7.47. The van der Waals surface area contributed by atoms with Gasteiger partial charge < -0.3 is 14.8 Å². The highest BCUT2D eigenvalue weighted by atomic mass is 19.1. The number of amides is 1. The lowest BCUT2D eigenvalue weighted by Gasteiger charge is -2.17. The average molecular weight is 466 g/mol. The Kier molecular flexibility index (Phi) is 7.73. The first-order valence-electron chi connectivity index (χ1n) is 10.5. The fourth-order valence-electron chi connectivity index (χ4n) is 3.47. The summed E-state index contributed by atoms with van der Waals surface area (Å²) in [6, 6.07) is 10.7. The van der Waals surface area contributed by atoms with Gasteiger partial charge in [-0.3, -0.25) is 9.79 Å². The van der Waals surface area contributed by atoms with Gasteiger partial charge in [0.2, 0.25) is 5.95 Å². The third-order valence-corrected chi connectivity index (χ3v) is 5.14. The van der Waals surface area contributed by atoms with E-state index < -0.39 is 11.8 Å². The number of nitrogens with one attached hydrogen (secondary N) is 1. The highest BCUT2D eigenvalue weighted by Gasteiger charge is 2.19. The molecule has 3 aromatic rings. The van der Waals surface area contributed by atoms with Crippen molar-refractivity contribution in [1.82, 2.24) is 10.3 Å². The molecule has 0 spiro atoms. The first-order chi connectivity index (χ1) is 16.3. The van der Waals surface area contributed by atoms with E-state index in [4.69, 9.17) is 9.47 Å². The maximum Gasteiger partial charge on any atom is 0.251 e. The number of pyridine rings is 1. The normalized spacial score (nSPS) is 11.2. The van der Waals surface area contributed by atoms with E-state index in [1.165, 1.54) is 19.2 Å². The van der Waals surface area contributed by atoms with E-state index in [0.29, 0.717) is 33.9 Å². The van der Waals surface area contributed by atoms with E-state index in [0.717, 1.165) is 0 Å². The molecule has 0 bridgehead atoms. The number of aromatic nitrogens is 1. The highest BCUT2D eigenvalue weighted by molar-refractivity contribution is 5.96. The number of ether oxygens (including phenoxy) is 2. The van der Waals surface area contributed by atoms with E-state index in [9.17, 15) is 13.6 Å². The summed E-state index contributed by atoms with van der Waals surface area (Å²) < 4.78 is 39.5. The Morgan fingerprint density at radius 1 is 1.21 bits per heavy atom. The van der Waals surface area contributed by atoms with Crippen molar-refractivity contribution in [2.75, 3.05) is 7.11 Å². The zero-order valence-corrected chi connectivity index (χ0v) is 19.4. The number of carbonyl (C=O) groups excluding carboxylic acids is 1. The molecule has 34 heavy (non-hydrogen) atoms. The van der Waals surface area contributed by atoms with Gasteiger partial charge >= 0.3 is 0 Å². The molecule has 0 radical (unpaired) electrons. The molecular weight excluding hydrogens is 440 g/mol. The average Bonchev–Trinajstić information content (AvgIpc) is 2.81. The molecule has 0 aliphatic heterocycles. The monoisotopic (exact) mass is 465 g/mol. The van der Waals surface area contributed by atoms with Crippen molar-refractivity contribution < 1.29 is 23.0 Å². The molecule has 2 aromatic carbocycles. The van der Waals surface area contributed by atoms with Crippen LogP contribution in [0.1, 0.15) is 39.7 Å². The van der Waals surface area contributed by atoms with Crippen molar-refractivity contribution in [3.8, 4) is 11.5 Å². The van der Waals surface area contributed by atoms with Crippen LogP contribution in [-0.4, -0.2) is 24.7 Å². The van der Waals surface area contributed by atoms with Crippen LogP contribution in [0.5, 0.6) is 11.5 Å². The Morgan fingerprint density at radius 2 is 1.97 bits per heavy atom. The van der Waals surface area contributed by atoms with Crippen LogP contribution in [0.25, 0.3) is 5.76 Å². The number of benzene rings is 2. The summed E-state index contributed by atoms with van der Waals surface area (Å²) in [5.74, 6) is -0.653. The molecular formula is C26H25F2N3O3. The molecule has 8 heteroatoms. The molecule has 1 heterocycles. The van der Waals surface area contributed by atoms with E-state index >= 15 is 0 Å². The van der Waals surface area contributed by atoms with Gasteiger partial charge in [0.25, 0.3) is 5.91 Å². The van der Waals surface area contributed by atoms with Crippen LogP contribution in [0.2, 0.25) is 0 Å². The van der Waals surface area contributed by atoms with Crippen LogP contribution in [0, 0.1) is 25.6 Å². The third-order valence-electron chi connectivity index (χ3n) is 5.14. The summed E-state index contributed by atoms with van der Waals surface area (Å²) in [4.78, 5) is 20.4. The fourth-order valence-corrected chi connectivity index (χ4v) is 3.47. The summed E-state index contributed by atoms with van der Waals surface area (Å²) >= 11 is 0. The second-order valence-electron chi connectivity index (χ2n) is 7.47. The molecule has 1 N–H and O–H groups in total. The van der Waals surface area contributed by atoms with Crippen molar-refractivity contribution in [1.29, 1.82) is 0 Å². The van der Waals surface area contributed by atoms with Crippen molar-refractivity contribution >= 4 is 24.1 Å². The molecule has 3 rings (SSSR count). The topological polar surface area (TPSA) is 72.8 Å². The Hall–Kier alpha value is -4.07. The number of nitrogens with zero attached hydrogens (tertiary/aromatic N) is 2. The lowest BCUT2D eigenvalue weighted by molar-refractivity contribution is 0.0950. The molecule has 0 fully saturated rings.